The van der Waals surface area contributed by atoms with Crippen LogP contribution in [0.3, 0.4) is 0 Å². The Hall–Kier alpha value is -3.34. The Balaban J connectivity index is 1.05. The van der Waals surface area contributed by atoms with Gasteiger partial charge in [-0.3, -0.25) is 4.90 Å². The lowest BCUT2D eigenvalue weighted by atomic mass is 9.92. The van der Waals surface area contributed by atoms with E-state index in [0.29, 0.717) is 0 Å². The average molecular weight is 553 g/mol. The third-order valence-corrected chi connectivity index (χ3v) is 7.87. The zero-order valence-corrected chi connectivity index (χ0v) is 23.1. The number of hydrogen-bond donors (Lipinski definition) is 1. The second kappa shape index (κ2) is 12.9. The second-order valence-corrected chi connectivity index (χ2v) is 10.7. The van der Waals surface area contributed by atoms with Gasteiger partial charge in [0.05, 0.1) is 13.7 Å². The first kappa shape index (κ1) is 28.2. The Kier molecular flexibility index (Phi) is 9.08. The normalized spacial score (nSPS) is 16.4. The van der Waals surface area contributed by atoms with Crippen molar-refractivity contribution in [3.05, 3.63) is 78.5 Å². The SMILES string of the molecule is COc1ccc2c(ccn2CCCCCCN2CCN(CC(O)(Cn3cncn3)c3ccc(F)cc3F)CC2)c1. The number of unbranched alkanes of at least 4 members (excludes halogenated alkanes) is 3. The third kappa shape index (κ3) is 6.86. The maximum Gasteiger partial charge on any atom is 0.137 e. The van der Waals surface area contributed by atoms with Gasteiger partial charge >= 0.3 is 0 Å². The van der Waals surface area contributed by atoms with Crippen molar-refractivity contribution >= 4 is 10.9 Å². The fourth-order valence-electron chi connectivity index (χ4n) is 5.68. The van der Waals surface area contributed by atoms with Crippen LogP contribution >= 0.6 is 0 Å². The Labute approximate surface area is 233 Å². The number of hydrogen-bond acceptors (Lipinski definition) is 6. The van der Waals surface area contributed by atoms with Crippen molar-refractivity contribution in [2.24, 2.45) is 0 Å². The molecule has 1 unspecified atom stereocenters. The maximum atomic E-state index is 14.7. The Morgan fingerprint density at radius 3 is 2.40 bits per heavy atom. The van der Waals surface area contributed by atoms with Gasteiger partial charge < -0.3 is 19.3 Å². The van der Waals surface area contributed by atoms with Crippen LogP contribution in [0.1, 0.15) is 31.2 Å². The lowest BCUT2D eigenvalue weighted by molar-refractivity contribution is -0.0319. The number of aromatic nitrogens is 4. The van der Waals surface area contributed by atoms with Crippen molar-refractivity contribution in [2.75, 3.05) is 46.4 Å². The minimum atomic E-state index is -1.56. The number of methoxy groups -OCH3 is 1. The first-order valence-electron chi connectivity index (χ1n) is 14.0. The van der Waals surface area contributed by atoms with Crippen LogP contribution in [0.25, 0.3) is 10.9 Å². The highest BCUT2D eigenvalue weighted by Crippen LogP contribution is 2.28. The van der Waals surface area contributed by atoms with Crippen LogP contribution in [-0.2, 0) is 18.7 Å². The summed E-state index contributed by atoms with van der Waals surface area (Å²) in [5.74, 6) is -0.543. The van der Waals surface area contributed by atoms with E-state index in [0.717, 1.165) is 63.9 Å². The summed E-state index contributed by atoms with van der Waals surface area (Å²) in [6.07, 6.45) is 9.70. The van der Waals surface area contributed by atoms with E-state index >= 15 is 0 Å². The first-order valence-corrected chi connectivity index (χ1v) is 14.0. The van der Waals surface area contributed by atoms with Crippen LogP contribution in [-0.4, -0.2) is 80.6 Å². The van der Waals surface area contributed by atoms with Crippen molar-refractivity contribution in [1.29, 1.82) is 0 Å². The molecule has 40 heavy (non-hydrogen) atoms. The van der Waals surface area contributed by atoms with Gasteiger partial charge in [0.1, 0.15) is 35.6 Å². The Morgan fingerprint density at radius 1 is 0.900 bits per heavy atom. The van der Waals surface area contributed by atoms with Crippen LogP contribution < -0.4 is 4.74 Å². The average Bonchev–Trinajstić information content (AvgIpc) is 3.60. The van der Waals surface area contributed by atoms with Crippen molar-refractivity contribution in [3.8, 4) is 5.75 Å². The first-order chi connectivity index (χ1) is 19.4. The van der Waals surface area contributed by atoms with E-state index in [4.69, 9.17) is 4.74 Å². The molecular weight excluding hydrogens is 514 g/mol. The van der Waals surface area contributed by atoms with Gasteiger partial charge in [-0.05, 0) is 49.7 Å². The molecule has 0 spiro atoms. The van der Waals surface area contributed by atoms with Gasteiger partial charge in [0.15, 0.2) is 0 Å². The van der Waals surface area contributed by atoms with Gasteiger partial charge in [0.2, 0.25) is 0 Å². The van der Waals surface area contributed by atoms with Crippen LogP contribution in [0.2, 0.25) is 0 Å². The number of fused-ring (bicyclic) bond motifs is 1. The van der Waals surface area contributed by atoms with Gasteiger partial charge in [0, 0.05) is 68.0 Å². The number of rotatable bonds is 13. The predicted octanol–water partition coefficient (Wildman–Crippen LogP) is 4.29. The zero-order chi connectivity index (χ0) is 28.0. The topological polar surface area (TPSA) is 71.6 Å². The molecule has 1 atom stereocenters. The molecule has 1 N–H and O–H groups in total. The highest BCUT2D eigenvalue weighted by molar-refractivity contribution is 5.81. The number of aliphatic hydroxyl groups is 1. The standard InChI is InChI=1S/C30H38F2N6O2/c1-40-26-7-9-29-24(18-26)10-13-37(29)12-5-3-2-4-11-35-14-16-36(17-15-35)20-30(39,21-38-23-33-22-34-38)27-8-6-25(31)19-28(27)32/h6-10,13,18-19,22-23,39H,2-5,11-12,14-17,20-21H2,1H3. The van der Waals surface area contributed by atoms with Crippen molar-refractivity contribution in [2.45, 2.75) is 44.4 Å². The smallest absolute Gasteiger partial charge is 0.137 e. The third-order valence-electron chi connectivity index (χ3n) is 7.87. The summed E-state index contributed by atoms with van der Waals surface area (Å²) in [7, 11) is 1.69. The number of ether oxygens (including phenoxy) is 1. The van der Waals surface area contributed by atoms with Crippen LogP contribution in [0.5, 0.6) is 5.75 Å². The van der Waals surface area contributed by atoms with E-state index in [-0.39, 0.29) is 18.7 Å². The maximum absolute atomic E-state index is 14.7. The molecule has 10 heteroatoms. The molecule has 0 aliphatic carbocycles. The molecule has 1 aliphatic rings. The van der Waals surface area contributed by atoms with Crippen molar-refractivity contribution < 1.29 is 18.6 Å². The summed E-state index contributed by atoms with van der Waals surface area (Å²) in [6.45, 7) is 5.65. The molecule has 5 rings (SSSR count). The number of β-amino-alcohol motifs (C(OH)–C–C–N with tert-alkyl or cyclic N) is 1. The number of nitrogens with zero attached hydrogens (tertiary/aromatic N) is 6. The largest absolute Gasteiger partial charge is 0.497 e. The quantitative estimate of drug-likeness (QED) is 0.250. The van der Waals surface area contributed by atoms with Gasteiger partial charge in [-0.1, -0.05) is 18.9 Å². The predicted molar refractivity (Wildman–Crippen MR) is 150 cm³/mol. The van der Waals surface area contributed by atoms with Crippen molar-refractivity contribution in [3.63, 3.8) is 0 Å². The summed E-state index contributed by atoms with van der Waals surface area (Å²) < 4.78 is 37.4. The minimum absolute atomic E-state index is 0.0305. The van der Waals surface area contributed by atoms with Crippen LogP contribution in [0.15, 0.2) is 61.3 Å². The molecule has 2 aromatic heterocycles. The lowest BCUT2D eigenvalue weighted by Gasteiger charge is -2.39. The van der Waals surface area contributed by atoms with Gasteiger partial charge in [-0.2, -0.15) is 5.10 Å². The number of piperazine rings is 1. The highest BCUT2D eigenvalue weighted by atomic mass is 19.1. The molecule has 0 bridgehead atoms. The van der Waals surface area contributed by atoms with E-state index in [1.165, 1.54) is 53.2 Å². The fourth-order valence-corrected chi connectivity index (χ4v) is 5.68. The fraction of sp³-hybridized carbons (Fsp3) is 0.467. The highest BCUT2D eigenvalue weighted by Gasteiger charge is 2.36. The molecular formula is C30H38F2N6O2. The summed E-state index contributed by atoms with van der Waals surface area (Å²) in [4.78, 5) is 8.54. The summed E-state index contributed by atoms with van der Waals surface area (Å²) in [5.41, 5.74) is -0.251. The lowest BCUT2D eigenvalue weighted by Crippen LogP contribution is -2.52. The molecule has 0 amide bonds. The molecule has 1 saturated heterocycles. The number of benzene rings is 2. The molecule has 4 aromatic rings. The van der Waals surface area contributed by atoms with E-state index in [2.05, 4.69) is 48.8 Å². The van der Waals surface area contributed by atoms with Crippen LogP contribution in [0.4, 0.5) is 8.78 Å². The number of halogens is 2. The molecule has 214 valence electrons. The van der Waals surface area contributed by atoms with Gasteiger partial charge in [0.25, 0.3) is 0 Å². The van der Waals surface area contributed by atoms with Crippen LogP contribution in [0, 0.1) is 11.6 Å². The van der Waals surface area contributed by atoms with E-state index in [9.17, 15) is 13.9 Å². The zero-order valence-electron chi connectivity index (χ0n) is 23.1. The molecule has 0 radical (unpaired) electrons. The van der Waals surface area contributed by atoms with E-state index in [1.807, 2.05) is 6.07 Å². The Morgan fingerprint density at radius 2 is 1.68 bits per heavy atom. The Bertz CT molecular complexity index is 1370. The molecule has 8 nitrogen and oxygen atoms in total. The van der Waals surface area contributed by atoms with Gasteiger partial charge in [-0.25, -0.2) is 18.4 Å². The summed E-state index contributed by atoms with van der Waals surface area (Å²) in [6, 6.07) is 11.7. The molecule has 2 aromatic carbocycles. The minimum Gasteiger partial charge on any atom is -0.497 e. The van der Waals surface area contributed by atoms with Crippen molar-refractivity contribution in [1.82, 2.24) is 29.1 Å². The van der Waals surface area contributed by atoms with E-state index in [1.54, 1.807) is 7.11 Å². The monoisotopic (exact) mass is 552 g/mol. The molecule has 1 aliphatic heterocycles. The summed E-state index contributed by atoms with van der Waals surface area (Å²) in [5, 5.41) is 16.9. The molecule has 0 saturated carbocycles. The molecule has 1 fully saturated rings. The second-order valence-electron chi connectivity index (χ2n) is 10.7. The number of aryl methyl sites for hydroxylation is 1. The van der Waals surface area contributed by atoms with E-state index < -0.39 is 17.2 Å². The van der Waals surface area contributed by atoms with Gasteiger partial charge in [-0.15, -0.1) is 0 Å². The molecule has 3 heterocycles. The summed E-state index contributed by atoms with van der Waals surface area (Å²) >= 11 is 0.